The summed E-state index contributed by atoms with van der Waals surface area (Å²) in [6.07, 6.45) is 3.61. The summed E-state index contributed by atoms with van der Waals surface area (Å²) < 4.78 is 1.62. The van der Waals surface area contributed by atoms with Crippen molar-refractivity contribution < 1.29 is 4.79 Å². The van der Waals surface area contributed by atoms with Crippen LogP contribution in [-0.4, -0.2) is 25.4 Å². The van der Waals surface area contributed by atoms with E-state index in [0.29, 0.717) is 6.42 Å². The number of hydrogen-bond donors (Lipinski definition) is 0. The Kier molecular flexibility index (Phi) is 3.66. The van der Waals surface area contributed by atoms with Gasteiger partial charge < -0.3 is 0 Å². The lowest BCUT2D eigenvalue weighted by Crippen LogP contribution is -1.99. The molecule has 0 N–H and O–H groups in total. The predicted molar refractivity (Wildman–Crippen MR) is 42.5 cm³/mol. The minimum Gasteiger partial charge on any atom is -0.281 e. The SMILES string of the molecule is O=C(Cl)CCCCn1cnnn1. The van der Waals surface area contributed by atoms with Crippen molar-refractivity contribution in [1.29, 1.82) is 0 Å². The molecule has 0 spiro atoms. The van der Waals surface area contributed by atoms with Gasteiger partial charge in [0.2, 0.25) is 5.24 Å². The highest BCUT2D eigenvalue weighted by atomic mass is 35.5. The third-order valence-corrected chi connectivity index (χ3v) is 1.59. The molecule has 0 saturated carbocycles. The minimum atomic E-state index is -0.285. The van der Waals surface area contributed by atoms with E-state index in [1.165, 1.54) is 0 Å². The molecular formula is C6H9ClN4O. The molecule has 0 radical (unpaired) electrons. The van der Waals surface area contributed by atoms with Crippen molar-refractivity contribution in [3.05, 3.63) is 6.33 Å². The highest BCUT2D eigenvalue weighted by Crippen LogP contribution is 2.00. The van der Waals surface area contributed by atoms with Crippen LogP contribution >= 0.6 is 11.6 Å². The number of nitrogens with zero attached hydrogens (tertiary/aromatic N) is 4. The molecule has 0 fully saturated rings. The highest BCUT2D eigenvalue weighted by molar-refractivity contribution is 6.63. The zero-order valence-electron chi connectivity index (χ0n) is 6.48. The Morgan fingerprint density at radius 3 is 2.92 bits per heavy atom. The molecule has 0 aliphatic rings. The summed E-state index contributed by atoms with van der Waals surface area (Å²) in [5, 5.41) is 10.3. The van der Waals surface area contributed by atoms with E-state index in [1.54, 1.807) is 11.0 Å². The Balaban J connectivity index is 2.07. The quantitative estimate of drug-likeness (QED) is 0.502. The summed E-state index contributed by atoms with van der Waals surface area (Å²) in [7, 11) is 0. The molecule has 1 heterocycles. The fourth-order valence-corrected chi connectivity index (χ4v) is 0.954. The molecule has 1 aromatic heterocycles. The lowest BCUT2D eigenvalue weighted by Gasteiger charge is -1.96. The van der Waals surface area contributed by atoms with Gasteiger partial charge in [0.15, 0.2) is 0 Å². The van der Waals surface area contributed by atoms with Gasteiger partial charge in [-0.2, -0.15) is 0 Å². The molecule has 66 valence electrons. The van der Waals surface area contributed by atoms with Crippen LogP contribution in [0.1, 0.15) is 19.3 Å². The first kappa shape index (κ1) is 9.12. The predicted octanol–water partition coefficient (Wildman–Crippen LogP) is 0.609. The fourth-order valence-electron chi connectivity index (χ4n) is 0.821. The first-order valence-corrected chi connectivity index (χ1v) is 4.06. The molecule has 1 rings (SSSR count). The van der Waals surface area contributed by atoms with Crippen LogP contribution in [0.4, 0.5) is 0 Å². The smallest absolute Gasteiger partial charge is 0.221 e. The maximum Gasteiger partial charge on any atom is 0.221 e. The molecule has 0 unspecified atom stereocenters. The third-order valence-electron chi connectivity index (χ3n) is 1.40. The first-order valence-electron chi connectivity index (χ1n) is 3.68. The molecule has 12 heavy (non-hydrogen) atoms. The van der Waals surface area contributed by atoms with Crippen LogP contribution in [0.5, 0.6) is 0 Å². The molecule has 0 aliphatic carbocycles. The van der Waals surface area contributed by atoms with E-state index in [4.69, 9.17) is 11.6 Å². The summed E-state index contributed by atoms with van der Waals surface area (Å²) in [6, 6.07) is 0. The topological polar surface area (TPSA) is 60.7 Å². The largest absolute Gasteiger partial charge is 0.281 e. The van der Waals surface area contributed by atoms with Gasteiger partial charge in [0.25, 0.3) is 0 Å². The van der Waals surface area contributed by atoms with Crippen LogP contribution in [0.15, 0.2) is 6.33 Å². The van der Waals surface area contributed by atoms with Crippen LogP contribution < -0.4 is 0 Å². The molecule has 0 amide bonds. The van der Waals surface area contributed by atoms with Gasteiger partial charge in [0.05, 0.1) is 0 Å². The molecule has 0 aliphatic heterocycles. The summed E-state index contributed by atoms with van der Waals surface area (Å²) in [6.45, 7) is 0.733. The Hall–Kier alpha value is -0.970. The van der Waals surface area contributed by atoms with Crippen LogP contribution in [0.25, 0.3) is 0 Å². The number of unbranched alkanes of at least 4 members (excludes halogenated alkanes) is 1. The molecule has 0 saturated heterocycles. The lowest BCUT2D eigenvalue weighted by molar-refractivity contribution is -0.111. The molecule has 0 atom stereocenters. The second kappa shape index (κ2) is 4.82. The van der Waals surface area contributed by atoms with Gasteiger partial charge >= 0.3 is 0 Å². The standard InChI is InChI=1S/C6H9ClN4O/c7-6(12)3-1-2-4-11-5-8-9-10-11/h5H,1-4H2. The van der Waals surface area contributed by atoms with Gasteiger partial charge in [-0.05, 0) is 34.9 Å². The molecule has 1 aromatic rings. The molecule has 5 nitrogen and oxygen atoms in total. The number of carbonyl (C=O) groups is 1. The van der Waals surface area contributed by atoms with Gasteiger partial charge in [-0.3, -0.25) is 4.79 Å². The first-order chi connectivity index (χ1) is 5.79. The number of hydrogen-bond acceptors (Lipinski definition) is 4. The van der Waals surface area contributed by atoms with Crippen LogP contribution in [0.2, 0.25) is 0 Å². The van der Waals surface area contributed by atoms with Crippen molar-refractivity contribution in [2.75, 3.05) is 0 Å². The van der Waals surface area contributed by atoms with Crippen molar-refractivity contribution in [2.24, 2.45) is 0 Å². The van der Waals surface area contributed by atoms with E-state index in [0.717, 1.165) is 19.4 Å². The van der Waals surface area contributed by atoms with Crippen molar-refractivity contribution in [1.82, 2.24) is 20.2 Å². The highest BCUT2D eigenvalue weighted by Gasteiger charge is 1.96. The Morgan fingerprint density at radius 2 is 2.33 bits per heavy atom. The fraction of sp³-hybridized carbons (Fsp3) is 0.667. The molecule has 6 heteroatoms. The summed E-state index contributed by atoms with van der Waals surface area (Å²) in [5.74, 6) is 0. The van der Waals surface area contributed by atoms with Gasteiger partial charge in [-0.25, -0.2) is 4.68 Å². The zero-order chi connectivity index (χ0) is 8.81. The monoisotopic (exact) mass is 188 g/mol. The second-order valence-electron chi connectivity index (χ2n) is 2.39. The van der Waals surface area contributed by atoms with Crippen LogP contribution in [-0.2, 0) is 11.3 Å². The van der Waals surface area contributed by atoms with Crippen molar-refractivity contribution in [2.45, 2.75) is 25.8 Å². The Labute approximate surface area is 74.7 Å². The van der Waals surface area contributed by atoms with E-state index in [2.05, 4.69) is 15.5 Å². The van der Waals surface area contributed by atoms with Crippen LogP contribution in [0.3, 0.4) is 0 Å². The summed E-state index contributed by atoms with van der Waals surface area (Å²) >= 11 is 5.15. The van der Waals surface area contributed by atoms with E-state index in [1.807, 2.05) is 0 Å². The second-order valence-corrected chi connectivity index (χ2v) is 2.81. The van der Waals surface area contributed by atoms with Crippen molar-refractivity contribution in [3.63, 3.8) is 0 Å². The lowest BCUT2D eigenvalue weighted by atomic mass is 10.2. The Morgan fingerprint density at radius 1 is 1.50 bits per heavy atom. The number of rotatable bonds is 5. The number of halogens is 1. The van der Waals surface area contributed by atoms with Crippen molar-refractivity contribution >= 4 is 16.8 Å². The summed E-state index contributed by atoms with van der Waals surface area (Å²) in [4.78, 5) is 10.3. The van der Waals surface area contributed by atoms with E-state index in [9.17, 15) is 4.79 Å². The minimum absolute atomic E-state index is 0.285. The molecular weight excluding hydrogens is 180 g/mol. The van der Waals surface area contributed by atoms with E-state index < -0.39 is 0 Å². The number of aryl methyl sites for hydroxylation is 1. The maximum atomic E-state index is 10.3. The maximum absolute atomic E-state index is 10.3. The van der Waals surface area contributed by atoms with Gasteiger partial charge in [0, 0.05) is 13.0 Å². The molecule has 0 aromatic carbocycles. The molecule has 0 bridgehead atoms. The summed E-state index contributed by atoms with van der Waals surface area (Å²) in [5.41, 5.74) is 0. The van der Waals surface area contributed by atoms with Gasteiger partial charge in [-0.15, -0.1) is 5.10 Å². The third kappa shape index (κ3) is 3.43. The van der Waals surface area contributed by atoms with Crippen molar-refractivity contribution in [3.8, 4) is 0 Å². The Bertz CT molecular complexity index is 236. The van der Waals surface area contributed by atoms with Gasteiger partial charge in [-0.1, -0.05) is 0 Å². The normalized spacial score (nSPS) is 10.1. The zero-order valence-corrected chi connectivity index (χ0v) is 7.24. The number of aromatic nitrogens is 4. The van der Waals surface area contributed by atoms with Gasteiger partial charge in [0.1, 0.15) is 6.33 Å². The average Bonchev–Trinajstić information content (AvgIpc) is 2.49. The average molecular weight is 189 g/mol. The number of tetrazole rings is 1. The van der Waals surface area contributed by atoms with E-state index in [-0.39, 0.29) is 5.24 Å². The number of carbonyl (C=O) groups excluding carboxylic acids is 1. The van der Waals surface area contributed by atoms with E-state index >= 15 is 0 Å². The van der Waals surface area contributed by atoms with Crippen LogP contribution in [0, 0.1) is 0 Å².